The summed E-state index contributed by atoms with van der Waals surface area (Å²) in [5.74, 6) is 0. The number of aromatic nitrogens is 2. The molecule has 2 aromatic heterocycles. The van der Waals surface area contributed by atoms with Crippen LogP contribution < -0.4 is 5.56 Å². The molecule has 4 aromatic rings. The highest BCUT2D eigenvalue weighted by molar-refractivity contribution is 7.17. The minimum absolute atomic E-state index is 0.0882. The molecule has 148 valence electrons. The van der Waals surface area contributed by atoms with Gasteiger partial charge >= 0.3 is 0 Å². The van der Waals surface area contributed by atoms with Crippen molar-refractivity contribution >= 4 is 33.2 Å². The first kappa shape index (κ1) is 19.8. The lowest BCUT2D eigenvalue weighted by molar-refractivity contribution is 0.0199. The molecule has 29 heavy (non-hydrogen) atoms. The second kappa shape index (κ2) is 8.88. The molecule has 2 heterocycles. The Balaban J connectivity index is 1.49. The van der Waals surface area contributed by atoms with Gasteiger partial charge in [-0.15, -0.1) is 11.3 Å². The molecule has 0 aliphatic carbocycles. The van der Waals surface area contributed by atoms with Crippen molar-refractivity contribution in [2.75, 3.05) is 6.61 Å². The van der Waals surface area contributed by atoms with E-state index in [0.717, 1.165) is 16.7 Å². The predicted octanol–water partition coefficient (Wildman–Crippen LogP) is 4.36. The monoisotopic (exact) mass is 426 g/mol. The summed E-state index contributed by atoms with van der Waals surface area (Å²) >= 11 is 7.54. The number of aliphatic hydroxyl groups is 1. The molecule has 7 heteroatoms. The van der Waals surface area contributed by atoms with E-state index < -0.39 is 6.10 Å². The van der Waals surface area contributed by atoms with Gasteiger partial charge < -0.3 is 9.84 Å². The summed E-state index contributed by atoms with van der Waals surface area (Å²) < 4.78 is 7.01. The summed E-state index contributed by atoms with van der Waals surface area (Å²) in [5.41, 5.74) is 2.52. The lowest BCUT2D eigenvalue weighted by atomic mass is 10.1. The standard InChI is InChI=1S/C22H19ClN2O3S/c23-19-9-5-4-8-16(19)11-28-12-17(26)10-25-14-24-21-20(22(25)27)18(13-29-21)15-6-2-1-3-7-15/h1-9,13-14,17,26H,10-12H2/t17-/m1/s1. The number of halogens is 1. The number of hydrogen-bond acceptors (Lipinski definition) is 5. The number of ether oxygens (including phenoxy) is 1. The van der Waals surface area contributed by atoms with Gasteiger partial charge in [-0.1, -0.05) is 60.1 Å². The molecule has 0 aliphatic heterocycles. The molecule has 1 N–H and O–H groups in total. The summed E-state index contributed by atoms with van der Waals surface area (Å²) in [6.07, 6.45) is 0.640. The van der Waals surface area contributed by atoms with E-state index in [9.17, 15) is 9.90 Å². The minimum Gasteiger partial charge on any atom is -0.389 e. The lowest BCUT2D eigenvalue weighted by Gasteiger charge is -2.13. The Morgan fingerprint density at radius 3 is 2.69 bits per heavy atom. The van der Waals surface area contributed by atoms with E-state index in [1.807, 2.05) is 53.9 Å². The average Bonchev–Trinajstić information content (AvgIpc) is 3.17. The van der Waals surface area contributed by atoms with Crippen molar-refractivity contribution in [3.05, 3.63) is 87.2 Å². The first-order valence-corrected chi connectivity index (χ1v) is 10.4. The summed E-state index contributed by atoms with van der Waals surface area (Å²) in [5, 5.41) is 13.5. The van der Waals surface area contributed by atoms with E-state index in [1.165, 1.54) is 22.2 Å². The van der Waals surface area contributed by atoms with Gasteiger partial charge in [0.2, 0.25) is 0 Å². The summed E-state index contributed by atoms with van der Waals surface area (Å²) in [7, 11) is 0. The van der Waals surface area contributed by atoms with Crippen LogP contribution in [0.3, 0.4) is 0 Å². The molecule has 0 saturated heterocycles. The summed E-state index contributed by atoms with van der Waals surface area (Å²) in [4.78, 5) is 18.1. The van der Waals surface area contributed by atoms with Crippen LogP contribution in [0.25, 0.3) is 21.3 Å². The first-order valence-electron chi connectivity index (χ1n) is 9.15. The van der Waals surface area contributed by atoms with Crippen LogP contribution >= 0.6 is 22.9 Å². The van der Waals surface area contributed by atoms with Gasteiger partial charge in [0.15, 0.2) is 0 Å². The van der Waals surface area contributed by atoms with E-state index in [4.69, 9.17) is 16.3 Å². The van der Waals surface area contributed by atoms with E-state index in [2.05, 4.69) is 4.98 Å². The quantitative estimate of drug-likeness (QED) is 0.477. The lowest BCUT2D eigenvalue weighted by Crippen LogP contribution is -2.29. The first-order chi connectivity index (χ1) is 14.1. The van der Waals surface area contributed by atoms with Crippen molar-refractivity contribution in [3.63, 3.8) is 0 Å². The zero-order valence-corrected chi connectivity index (χ0v) is 17.1. The van der Waals surface area contributed by atoms with E-state index in [1.54, 1.807) is 6.07 Å². The van der Waals surface area contributed by atoms with Crippen molar-refractivity contribution in [3.8, 4) is 11.1 Å². The molecule has 0 radical (unpaired) electrons. The molecule has 0 amide bonds. The van der Waals surface area contributed by atoms with Gasteiger partial charge in [-0.2, -0.15) is 0 Å². The third-order valence-corrected chi connectivity index (χ3v) is 5.83. The van der Waals surface area contributed by atoms with Gasteiger partial charge in [0, 0.05) is 16.0 Å². The van der Waals surface area contributed by atoms with Gasteiger partial charge in [-0.3, -0.25) is 9.36 Å². The van der Waals surface area contributed by atoms with Crippen LogP contribution in [0.15, 0.2) is 71.1 Å². The minimum atomic E-state index is -0.840. The fourth-order valence-corrected chi connectivity index (χ4v) is 4.22. The van der Waals surface area contributed by atoms with E-state index in [0.29, 0.717) is 21.8 Å². The van der Waals surface area contributed by atoms with Gasteiger partial charge in [0.05, 0.1) is 37.6 Å². The topological polar surface area (TPSA) is 64.4 Å². The molecule has 0 aliphatic rings. The number of nitrogens with zero attached hydrogens (tertiary/aromatic N) is 2. The fraction of sp³-hybridized carbons (Fsp3) is 0.182. The smallest absolute Gasteiger partial charge is 0.262 e. The number of fused-ring (bicyclic) bond motifs is 1. The summed E-state index contributed by atoms with van der Waals surface area (Å²) in [6, 6.07) is 17.2. The molecule has 1 atom stereocenters. The van der Waals surface area contributed by atoms with Gasteiger partial charge in [0.1, 0.15) is 4.83 Å². The SMILES string of the molecule is O=c1c2c(-c3ccccc3)csc2ncn1C[C@@H](O)COCc1ccccc1Cl. The average molecular weight is 427 g/mol. The van der Waals surface area contributed by atoms with E-state index in [-0.39, 0.29) is 18.7 Å². The highest BCUT2D eigenvalue weighted by atomic mass is 35.5. The molecule has 0 bridgehead atoms. The molecule has 0 fully saturated rings. The van der Waals surface area contributed by atoms with Crippen LogP contribution in [-0.2, 0) is 17.9 Å². The highest BCUT2D eigenvalue weighted by Crippen LogP contribution is 2.30. The number of hydrogen-bond donors (Lipinski definition) is 1. The van der Waals surface area contributed by atoms with Crippen LogP contribution in [0.4, 0.5) is 0 Å². The predicted molar refractivity (Wildman–Crippen MR) is 116 cm³/mol. The van der Waals surface area contributed by atoms with Gasteiger partial charge in [0.25, 0.3) is 5.56 Å². The Labute approximate surface area is 176 Å². The van der Waals surface area contributed by atoms with Crippen molar-refractivity contribution in [1.82, 2.24) is 9.55 Å². The van der Waals surface area contributed by atoms with Crippen LogP contribution in [0, 0.1) is 0 Å². The van der Waals surface area contributed by atoms with Crippen molar-refractivity contribution < 1.29 is 9.84 Å². The largest absolute Gasteiger partial charge is 0.389 e. The second-order valence-electron chi connectivity index (χ2n) is 6.66. The van der Waals surface area contributed by atoms with Crippen LogP contribution in [-0.4, -0.2) is 27.4 Å². The Morgan fingerprint density at radius 1 is 1.14 bits per heavy atom. The van der Waals surface area contributed by atoms with Crippen molar-refractivity contribution in [2.45, 2.75) is 19.3 Å². The summed E-state index contributed by atoms with van der Waals surface area (Å²) in [6.45, 7) is 0.491. The van der Waals surface area contributed by atoms with Crippen LogP contribution in [0.5, 0.6) is 0 Å². The maximum absolute atomic E-state index is 13.0. The van der Waals surface area contributed by atoms with Gasteiger partial charge in [-0.05, 0) is 17.2 Å². The molecular formula is C22H19ClN2O3S. The second-order valence-corrected chi connectivity index (χ2v) is 7.92. The molecule has 5 nitrogen and oxygen atoms in total. The fourth-order valence-electron chi connectivity index (χ4n) is 3.13. The number of aliphatic hydroxyl groups excluding tert-OH is 1. The Morgan fingerprint density at radius 2 is 1.90 bits per heavy atom. The normalized spacial score (nSPS) is 12.3. The number of benzene rings is 2. The third kappa shape index (κ3) is 4.41. The number of rotatable bonds is 7. The number of thiophene rings is 1. The highest BCUT2D eigenvalue weighted by Gasteiger charge is 2.15. The van der Waals surface area contributed by atoms with Gasteiger partial charge in [-0.25, -0.2) is 4.98 Å². The van der Waals surface area contributed by atoms with Crippen molar-refractivity contribution in [2.24, 2.45) is 0 Å². The Bertz CT molecular complexity index is 1170. The van der Waals surface area contributed by atoms with E-state index >= 15 is 0 Å². The molecular weight excluding hydrogens is 408 g/mol. The molecule has 0 saturated carbocycles. The molecule has 0 unspecified atom stereocenters. The molecule has 0 spiro atoms. The van der Waals surface area contributed by atoms with Crippen LogP contribution in [0.2, 0.25) is 5.02 Å². The molecule has 4 rings (SSSR count). The Kier molecular flexibility index (Phi) is 6.06. The van der Waals surface area contributed by atoms with Crippen molar-refractivity contribution in [1.29, 1.82) is 0 Å². The zero-order chi connectivity index (χ0) is 20.2. The third-order valence-electron chi connectivity index (χ3n) is 4.58. The maximum Gasteiger partial charge on any atom is 0.262 e. The molecule has 2 aromatic carbocycles. The van der Waals surface area contributed by atoms with Crippen LogP contribution in [0.1, 0.15) is 5.56 Å². The Hall–Kier alpha value is -2.51. The zero-order valence-electron chi connectivity index (χ0n) is 15.5. The maximum atomic E-state index is 13.0.